The van der Waals surface area contributed by atoms with E-state index in [4.69, 9.17) is 5.73 Å². The number of anilines is 1. The van der Waals surface area contributed by atoms with Crippen LogP contribution in [-0.4, -0.2) is 10.5 Å². The third-order valence-electron chi connectivity index (χ3n) is 2.12. The van der Waals surface area contributed by atoms with Crippen LogP contribution in [0.5, 0.6) is 0 Å². The lowest BCUT2D eigenvalue weighted by atomic mass is 10.1. The first-order valence-corrected chi connectivity index (χ1v) is 5.30. The van der Waals surface area contributed by atoms with Crippen molar-refractivity contribution in [3.63, 3.8) is 0 Å². The van der Waals surface area contributed by atoms with Crippen LogP contribution in [0, 0.1) is 6.92 Å². The van der Waals surface area contributed by atoms with Gasteiger partial charge in [0.15, 0.2) is 0 Å². The fraction of sp³-hybridized carbons (Fsp3) is 0.583. The molecular weight excluding hydrogens is 186 g/mol. The van der Waals surface area contributed by atoms with Crippen molar-refractivity contribution in [2.24, 2.45) is 5.73 Å². The lowest BCUT2D eigenvalue weighted by molar-refractivity contribution is 0.629. The maximum Gasteiger partial charge on any atom is 0.129 e. The summed E-state index contributed by atoms with van der Waals surface area (Å²) in [5.41, 5.74) is 8.05. The molecule has 1 rings (SSSR count). The highest BCUT2D eigenvalue weighted by atomic mass is 15.0. The first kappa shape index (κ1) is 12.0. The standard InChI is InChI=1S/C12H21N3/c1-8-6-10(9(2)13)7-14-11(8)15-12(3,4)5/h6-7,9H,13H2,1-5H3,(H,14,15)/t9-/m0/s1. The average molecular weight is 207 g/mol. The maximum absolute atomic E-state index is 5.80. The van der Waals surface area contributed by atoms with Crippen molar-refractivity contribution in [2.45, 2.75) is 46.2 Å². The van der Waals surface area contributed by atoms with Crippen LogP contribution in [0.3, 0.4) is 0 Å². The summed E-state index contributed by atoms with van der Waals surface area (Å²) in [4.78, 5) is 4.39. The topological polar surface area (TPSA) is 50.9 Å². The Hall–Kier alpha value is -1.09. The average Bonchev–Trinajstić information content (AvgIpc) is 2.05. The zero-order chi connectivity index (χ0) is 11.6. The molecule has 3 N–H and O–H groups in total. The van der Waals surface area contributed by atoms with Gasteiger partial charge in [-0.3, -0.25) is 0 Å². The quantitative estimate of drug-likeness (QED) is 0.783. The number of rotatable bonds is 2. The summed E-state index contributed by atoms with van der Waals surface area (Å²) in [6.45, 7) is 10.4. The molecule has 1 aromatic heterocycles. The minimum atomic E-state index is 0.0353. The predicted molar refractivity (Wildman–Crippen MR) is 65.0 cm³/mol. The predicted octanol–water partition coefficient (Wildman–Crippen LogP) is 2.62. The van der Waals surface area contributed by atoms with Crippen LogP contribution in [0.2, 0.25) is 0 Å². The SMILES string of the molecule is Cc1cc([C@H](C)N)cnc1NC(C)(C)C. The smallest absolute Gasteiger partial charge is 0.129 e. The van der Waals surface area contributed by atoms with E-state index in [1.807, 2.05) is 20.0 Å². The molecule has 15 heavy (non-hydrogen) atoms. The van der Waals surface area contributed by atoms with Gasteiger partial charge in [-0.15, -0.1) is 0 Å². The van der Waals surface area contributed by atoms with E-state index in [0.29, 0.717) is 0 Å². The van der Waals surface area contributed by atoms with Gasteiger partial charge in [-0.05, 0) is 51.8 Å². The van der Waals surface area contributed by atoms with Crippen LogP contribution in [0.4, 0.5) is 5.82 Å². The highest BCUT2D eigenvalue weighted by Crippen LogP contribution is 2.19. The van der Waals surface area contributed by atoms with Crippen LogP contribution in [-0.2, 0) is 0 Å². The van der Waals surface area contributed by atoms with Crippen molar-refractivity contribution in [2.75, 3.05) is 5.32 Å². The van der Waals surface area contributed by atoms with Gasteiger partial charge in [0.05, 0.1) is 0 Å². The molecule has 1 atom stereocenters. The first-order valence-electron chi connectivity index (χ1n) is 5.30. The zero-order valence-electron chi connectivity index (χ0n) is 10.3. The minimum absolute atomic E-state index is 0.0353. The molecule has 84 valence electrons. The summed E-state index contributed by atoms with van der Waals surface area (Å²) in [6, 6.07) is 2.13. The number of hydrogen-bond acceptors (Lipinski definition) is 3. The van der Waals surface area contributed by atoms with E-state index in [2.05, 4.69) is 37.1 Å². The second-order valence-electron chi connectivity index (χ2n) is 5.10. The summed E-state index contributed by atoms with van der Waals surface area (Å²) >= 11 is 0. The third kappa shape index (κ3) is 3.51. The molecule has 0 aliphatic rings. The van der Waals surface area contributed by atoms with E-state index in [1.165, 1.54) is 0 Å². The normalized spacial score (nSPS) is 13.7. The molecule has 0 bridgehead atoms. The van der Waals surface area contributed by atoms with Gasteiger partial charge in [0.1, 0.15) is 5.82 Å². The fourth-order valence-corrected chi connectivity index (χ4v) is 1.33. The van der Waals surface area contributed by atoms with Gasteiger partial charge in [0.25, 0.3) is 0 Å². The molecular formula is C12H21N3. The number of nitrogens with one attached hydrogen (secondary N) is 1. The van der Waals surface area contributed by atoms with E-state index in [9.17, 15) is 0 Å². The molecule has 0 aliphatic carbocycles. The molecule has 1 aromatic rings. The van der Waals surface area contributed by atoms with Gasteiger partial charge in [0, 0.05) is 17.8 Å². The molecule has 3 nitrogen and oxygen atoms in total. The second kappa shape index (κ2) is 4.19. The lowest BCUT2D eigenvalue weighted by Crippen LogP contribution is -2.27. The minimum Gasteiger partial charge on any atom is -0.365 e. The maximum atomic E-state index is 5.80. The van der Waals surface area contributed by atoms with Crippen molar-refractivity contribution in [1.29, 1.82) is 0 Å². The molecule has 0 spiro atoms. The van der Waals surface area contributed by atoms with E-state index in [-0.39, 0.29) is 11.6 Å². The van der Waals surface area contributed by atoms with Crippen molar-refractivity contribution in [1.82, 2.24) is 4.98 Å². The van der Waals surface area contributed by atoms with Crippen LogP contribution in [0.25, 0.3) is 0 Å². The van der Waals surface area contributed by atoms with Crippen molar-refractivity contribution in [3.8, 4) is 0 Å². The Morgan fingerprint density at radius 3 is 2.40 bits per heavy atom. The summed E-state index contributed by atoms with van der Waals surface area (Å²) in [5, 5.41) is 3.36. The summed E-state index contributed by atoms with van der Waals surface area (Å²) in [7, 11) is 0. The number of nitrogens with two attached hydrogens (primary N) is 1. The molecule has 0 aliphatic heterocycles. The van der Waals surface area contributed by atoms with Crippen LogP contribution in [0.15, 0.2) is 12.3 Å². The third-order valence-corrected chi connectivity index (χ3v) is 2.12. The molecule has 3 heteroatoms. The zero-order valence-corrected chi connectivity index (χ0v) is 10.3. The Kier molecular flexibility index (Phi) is 3.35. The molecule has 0 fully saturated rings. The Bertz CT molecular complexity index is 337. The fourth-order valence-electron chi connectivity index (χ4n) is 1.33. The summed E-state index contributed by atoms with van der Waals surface area (Å²) < 4.78 is 0. The van der Waals surface area contributed by atoms with Crippen molar-refractivity contribution in [3.05, 3.63) is 23.4 Å². The Balaban J connectivity index is 2.94. The van der Waals surface area contributed by atoms with Gasteiger partial charge >= 0.3 is 0 Å². The Morgan fingerprint density at radius 2 is 2.00 bits per heavy atom. The molecule has 0 unspecified atom stereocenters. The van der Waals surface area contributed by atoms with Gasteiger partial charge in [-0.1, -0.05) is 0 Å². The van der Waals surface area contributed by atoms with Gasteiger partial charge in [0.2, 0.25) is 0 Å². The van der Waals surface area contributed by atoms with Gasteiger partial charge in [-0.2, -0.15) is 0 Å². The van der Waals surface area contributed by atoms with Gasteiger partial charge in [-0.25, -0.2) is 4.98 Å². The Morgan fingerprint density at radius 1 is 1.40 bits per heavy atom. The van der Waals surface area contributed by atoms with Gasteiger partial charge < -0.3 is 11.1 Å². The molecule has 0 aromatic carbocycles. The van der Waals surface area contributed by atoms with E-state index in [1.54, 1.807) is 0 Å². The number of aromatic nitrogens is 1. The number of hydrogen-bond donors (Lipinski definition) is 2. The highest BCUT2D eigenvalue weighted by molar-refractivity contribution is 5.46. The Labute approximate surface area is 92.1 Å². The summed E-state index contributed by atoms with van der Waals surface area (Å²) in [6.07, 6.45) is 1.84. The van der Waals surface area contributed by atoms with Crippen molar-refractivity contribution >= 4 is 5.82 Å². The van der Waals surface area contributed by atoms with Crippen LogP contribution < -0.4 is 11.1 Å². The number of aryl methyl sites for hydroxylation is 1. The number of nitrogens with zero attached hydrogens (tertiary/aromatic N) is 1. The second-order valence-corrected chi connectivity index (χ2v) is 5.10. The summed E-state index contributed by atoms with van der Waals surface area (Å²) in [5.74, 6) is 0.937. The van der Waals surface area contributed by atoms with E-state index >= 15 is 0 Å². The molecule has 1 heterocycles. The van der Waals surface area contributed by atoms with Crippen LogP contribution in [0.1, 0.15) is 44.9 Å². The molecule has 0 amide bonds. The highest BCUT2D eigenvalue weighted by Gasteiger charge is 2.12. The molecule has 0 saturated heterocycles. The van der Waals surface area contributed by atoms with Crippen molar-refractivity contribution < 1.29 is 0 Å². The monoisotopic (exact) mass is 207 g/mol. The molecule has 0 saturated carbocycles. The first-order chi connectivity index (χ1) is 6.79. The lowest BCUT2D eigenvalue weighted by Gasteiger charge is -2.23. The molecule has 0 radical (unpaired) electrons. The number of pyridine rings is 1. The largest absolute Gasteiger partial charge is 0.365 e. The van der Waals surface area contributed by atoms with E-state index in [0.717, 1.165) is 16.9 Å². The van der Waals surface area contributed by atoms with Crippen LogP contribution >= 0.6 is 0 Å². The van der Waals surface area contributed by atoms with E-state index < -0.39 is 0 Å².